The minimum Gasteiger partial charge on any atom is -0.346 e. The molecule has 0 unspecified atom stereocenters. The third kappa shape index (κ3) is 4.44. The fourth-order valence-corrected chi connectivity index (χ4v) is 6.37. The number of carbonyl (C=O) groups excluding carboxylic acids is 1. The molecule has 3 aromatic carbocycles. The highest BCUT2D eigenvalue weighted by molar-refractivity contribution is 7.22. The largest absolute Gasteiger partial charge is 0.346 e. The van der Waals surface area contributed by atoms with E-state index in [1.54, 1.807) is 11.3 Å². The number of carbonyl (C=O) groups is 1. The predicted molar refractivity (Wildman–Crippen MR) is 143 cm³/mol. The van der Waals surface area contributed by atoms with Crippen molar-refractivity contribution in [3.05, 3.63) is 95.6 Å². The van der Waals surface area contributed by atoms with Crippen molar-refractivity contribution < 1.29 is 4.79 Å². The molecule has 2 saturated heterocycles. The number of rotatable bonds is 5. The summed E-state index contributed by atoms with van der Waals surface area (Å²) in [5.41, 5.74) is 4.91. The van der Waals surface area contributed by atoms with Crippen molar-refractivity contribution in [2.45, 2.75) is 13.0 Å². The van der Waals surface area contributed by atoms with Gasteiger partial charge in [0, 0.05) is 39.3 Å². The zero-order chi connectivity index (χ0) is 23.8. The molecule has 0 saturated carbocycles. The molecular weight excluding hydrogens is 452 g/mol. The van der Waals surface area contributed by atoms with E-state index in [9.17, 15) is 4.79 Å². The Labute approximate surface area is 210 Å². The van der Waals surface area contributed by atoms with Crippen LogP contribution in [-0.2, 0) is 4.79 Å². The molecule has 0 N–H and O–H groups in total. The molecule has 0 atom stereocenters. The van der Waals surface area contributed by atoms with Gasteiger partial charge in [-0.1, -0.05) is 78.1 Å². The summed E-state index contributed by atoms with van der Waals surface area (Å²) in [6.45, 7) is 6.99. The maximum Gasteiger partial charge on any atom is 0.229 e. The lowest BCUT2D eigenvalue weighted by molar-refractivity contribution is -0.138. The number of fused-ring (bicyclic) bond motifs is 1. The van der Waals surface area contributed by atoms with Crippen molar-refractivity contribution in [1.29, 1.82) is 0 Å². The van der Waals surface area contributed by atoms with E-state index in [1.165, 1.54) is 21.4 Å². The fraction of sp³-hybridized carbons (Fsp3) is 0.310. The highest BCUT2D eigenvalue weighted by Gasteiger charge is 2.38. The van der Waals surface area contributed by atoms with Crippen LogP contribution in [0.15, 0.2) is 78.9 Å². The maximum absolute atomic E-state index is 13.3. The Morgan fingerprint density at radius 2 is 1.51 bits per heavy atom. The van der Waals surface area contributed by atoms with Gasteiger partial charge in [0.05, 0.1) is 22.2 Å². The van der Waals surface area contributed by atoms with Gasteiger partial charge in [0.15, 0.2) is 5.13 Å². The number of benzene rings is 3. The molecule has 35 heavy (non-hydrogen) atoms. The fourth-order valence-electron chi connectivity index (χ4n) is 5.29. The molecule has 2 aliphatic rings. The quantitative estimate of drug-likeness (QED) is 0.403. The van der Waals surface area contributed by atoms with Crippen LogP contribution >= 0.6 is 11.3 Å². The summed E-state index contributed by atoms with van der Waals surface area (Å²) >= 11 is 1.73. The van der Waals surface area contributed by atoms with Crippen molar-refractivity contribution in [2.75, 3.05) is 44.2 Å². The van der Waals surface area contributed by atoms with E-state index in [-0.39, 0.29) is 12.0 Å². The number of hydrogen-bond donors (Lipinski definition) is 0. The molecule has 0 spiro atoms. The van der Waals surface area contributed by atoms with Gasteiger partial charge in [-0.05, 0) is 35.7 Å². The molecule has 0 bridgehead atoms. The predicted octanol–water partition coefficient (Wildman–Crippen LogP) is 4.97. The molecule has 0 aliphatic carbocycles. The van der Waals surface area contributed by atoms with Crippen LogP contribution in [0.5, 0.6) is 0 Å². The molecule has 6 heteroatoms. The number of nitrogens with zero attached hydrogens (tertiary/aromatic N) is 4. The molecule has 3 heterocycles. The molecule has 4 aromatic rings. The van der Waals surface area contributed by atoms with Crippen LogP contribution in [0.4, 0.5) is 5.13 Å². The van der Waals surface area contributed by atoms with E-state index in [1.807, 2.05) is 0 Å². The van der Waals surface area contributed by atoms with Crippen LogP contribution in [0.3, 0.4) is 0 Å². The second-order valence-corrected chi connectivity index (χ2v) is 10.7. The molecule has 2 aliphatic heterocycles. The highest BCUT2D eigenvalue weighted by atomic mass is 32.1. The lowest BCUT2D eigenvalue weighted by atomic mass is 9.95. The Morgan fingerprint density at radius 1 is 0.886 bits per heavy atom. The first kappa shape index (κ1) is 22.3. The van der Waals surface area contributed by atoms with Gasteiger partial charge >= 0.3 is 0 Å². The van der Waals surface area contributed by atoms with Crippen LogP contribution in [-0.4, -0.2) is 60.0 Å². The van der Waals surface area contributed by atoms with E-state index >= 15 is 0 Å². The van der Waals surface area contributed by atoms with Gasteiger partial charge in [0.1, 0.15) is 0 Å². The second kappa shape index (κ2) is 9.44. The summed E-state index contributed by atoms with van der Waals surface area (Å²) < 4.78 is 1.22. The zero-order valence-electron chi connectivity index (χ0n) is 20.0. The lowest BCUT2D eigenvalue weighted by Crippen LogP contribution is -2.58. The third-order valence-corrected chi connectivity index (χ3v) is 8.33. The topological polar surface area (TPSA) is 39.7 Å². The summed E-state index contributed by atoms with van der Waals surface area (Å²) in [6.07, 6.45) is 0. The SMILES string of the molecule is Cc1ccc2nc(N3CC(C(=O)N4CCN(C(c5ccccc5)c5ccccc5)CC4)C3)sc2c1. The van der Waals surface area contributed by atoms with E-state index in [4.69, 9.17) is 4.98 Å². The third-order valence-electron chi connectivity index (χ3n) is 7.26. The number of anilines is 1. The Bertz CT molecular complexity index is 1270. The minimum absolute atomic E-state index is 0.0781. The molecular formula is C29H30N4OS. The van der Waals surface area contributed by atoms with Gasteiger partial charge in [-0.25, -0.2) is 4.98 Å². The minimum atomic E-state index is 0.0781. The van der Waals surface area contributed by atoms with Crippen LogP contribution in [0.2, 0.25) is 0 Å². The number of hydrogen-bond acceptors (Lipinski definition) is 5. The Morgan fingerprint density at radius 3 is 2.14 bits per heavy atom. The van der Waals surface area contributed by atoms with E-state index < -0.39 is 0 Å². The smallest absolute Gasteiger partial charge is 0.229 e. The van der Waals surface area contributed by atoms with E-state index in [2.05, 4.69) is 100 Å². The molecule has 6 rings (SSSR count). The molecule has 0 radical (unpaired) electrons. The van der Waals surface area contributed by atoms with Crippen molar-refractivity contribution in [2.24, 2.45) is 5.92 Å². The van der Waals surface area contributed by atoms with Crippen LogP contribution in [0, 0.1) is 12.8 Å². The van der Waals surface area contributed by atoms with Crippen molar-refractivity contribution in [1.82, 2.24) is 14.8 Å². The van der Waals surface area contributed by atoms with Crippen molar-refractivity contribution in [3.8, 4) is 0 Å². The Kier molecular flexibility index (Phi) is 6.00. The number of aromatic nitrogens is 1. The van der Waals surface area contributed by atoms with Crippen LogP contribution in [0.25, 0.3) is 10.2 Å². The first-order valence-electron chi connectivity index (χ1n) is 12.4. The monoisotopic (exact) mass is 482 g/mol. The summed E-state index contributed by atoms with van der Waals surface area (Å²) in [5, 5.41) is 1.04. The standard InChI is InChI=1S/C29H30N4OS/c1-21-12-13-25-26(18-21)35-29(30-25)33-19-24(20-33)28(34)32-16-14-31(15-17-32)27(22-8-4-2-5-9-22)23-10-6-3-7-11-23/h2-13,18,24,27H,14-17,19-20H2,1H3. The van der Waals surface area contributed by atoms with Gasteiger partial charge < -0.3 is 9.80 Å². The van der Waals surface area contributed by atoms with Gasteiger partial charge in [-0.2, -0.15) is 0 Å². The molecule has 178 valence electrons. The van der Waals surface area contributed by atoms with Crippen molar-refractivity contribution >= 4 is 32.6 Å². The van der Waals surface area contributed by atoms with Crippen molar-refractivity contribution in [3.63, 3.8) is 0 Å². The number of piperazine rings is 1. The van der Waals surface area contributed by atoms with Gasteiger partial charge in [0.25, 0.3) is 0 Å². The van der Waals surface area contributed by atoms with E-state index in [0.717, 1.165) is 49.9 Å². The summed E-state index contributed by atoms with van der Waals surface area (Å²) in [6, 6.07) is 28.0. The van der Waals surface area contributed by atoms with Gasteiger partial charge in [-0.15, -0.1) is 0 Å². The molecule has 1 amide bonds. The zero-order valence-corrected chi connectivity index (χ0v) is 20.8. The number of amides is 1. The summed E-state index contributed by atoms with van der Waals surface area (Å²) in [4.78, 5) is 24.9. The van der Waals surface area contributed by atoms with Crippen LogP contribution < -0.4 is 4.90 Å². The average Bonchev–Trinajstić information content (AvgIpc) is 3.27. The van der Waals surface area contributed by atoms with E-state index in [0.29, 0.717) is 5.91 Å². The first-order chi connectivity index (χ1) is 17.2. The molecule has 2 fully saturated rings. The summed E-state index contributed by atoms with van der Waals surface area (Å²) in [7, 11) is 0. The molecule has 5 nitrogen and oxygen atoms in total. The second-order valence-electron chi connectivity index (χ2n) is 9.65. The molecule has 1 aromatic heterocycles. The summed E-state index contributed by atoms with van der Waals surface area (Å²) in [5.74, 6) is 0.378. The normalized spacial score (nSPS) is 17.2. The maximum atomic E-state index is 13.3. The first-order valence-corrected chi connectivity index (χ1v) is 13.2. The number of aryl methyl sites for hydroxylation is 1. The number of thiazole rings is 1. The van der Waals surface area contributed by atoms with Crippen LogP contribution in [0.1, 0.15) is 22.7 Å². The highest BCUT2D eigenvalue weighted by Crippen LogP contribution is 2.34. The Balaban J connectivity index is 1.08. The average molecular weight is 483 g/mol. The Hall–Kier alpha value is -3.22. The van der Waals surface area contributed by atoms with Gasteiger partial charge in [-0.3, -0.25) is 9.69 Å². The van der Waals surface area contributed by atoms with Gasteiger partial charge in [0.2, 0.25) is 5.91 Å². The lowest BCUT2D eigenvalue weighted by Gasteiger charge is -2.44.